The molecule has 0 amide bonds. The number of fused-ring (bicyclic) bond motifs is 1. The van der Waals surface area contributed by atoms with Crippen LogP contribution < -0.4 is 5.32 Å². The standard InChI is InChI=1S/C10H13N5/c1-10(2-3-10)6-12-8-9-14-13-7-15(9)5-4-11-8/h4-5,7H,2-3,6H2,1H3,(H,11,12). The van der Waals surface area contributed by atoms with Crippen LogP contribution in [0.1, 0.15) is 19.8 Å². The molecule has 0 aromatic carbocycles. The molecule has 0 aliphatic heterocycles. The number of rotatable bonds is 3. The molecule has 0 saturated heterocycles. The number of nitrogens with zero attached hydrogens (tertiary/aromatic N) is 4. The summed E-state index contributed by atoms with van der Waals surface area (Å²) in [5.41, 5.74) is 1.26. The number of hydrogen-bond acceptors (Lipinski definition) is 4. The Morgan fingerprint density at radius 3 is 3.20 bits per heavy atom. The molecule has 0 radical (unpaired) electrons. The lowest BCUT2D eigenvalue weighted by molar-refractivity contribution is 0.609. The van der Waals surface area contributed by atoms with Crippen LogP contribution in [0, 0.1) is 5.41 Å². The molecular formula is C10H13N5. The first-order chi connectivity index (χ1) is 7.27. The first kappa shape index (κ1) is 8.64. The van der Waals surface area contributed by atoms with Gasteiger partial charge in [-0.05, 0) is 18.3 Å². The van der Waals surface area contributed by atoms with Crippen LogP contribution in [-0.4, -0.2) is 26.1 Å². The first-order valence-corrected chi connectivity index (χ1v) is 5.15. The van der Waals surface area contributed by atoms with Gasteiger partial charge in [-0.1, -0.05) is 6.92 Å². The van der Waals surface area contributed by atoms with E-state index < -0.39 is 0 Å². The minimum absolute atomic E-state index is 0.467. The monoisotopic (exact) mass is 203 g/mol. The summed E-state index contributed by atoms with van der Waals surface area (Å²) in [5.74, 6) is 0.822. The van der Waals surface area contributed by atoms with Gasteiger partial charge in [0, 0.05) is 18.9 Å². The molecule has 0 spiro atoms. The largest absolute Gasteiger partial charge is 0.366 e. The Morgan fingerprint density at radius 1 is 1.53 bits per heavy atom. The predicted molar refractivity (Wildman–Crippen MR) is 56.6 cm³/mol. The molecular weight excluding hydrogens is 190 g/mol. The van der Waals surface area contributed by atoms with E-state index in [2.05, 4.69) is 27.4 Å². The predicted octanol–water partition coefficient (Wildman–Crippen LogP) is 1.34. The molecule has 0 bridgehead atoms. The maximum atomic E-state index is 4.28. The van der Waals surface area contributed by atoms with Gasteiger partial charge in [0.25, 0.3) is 0 Å². The Balaban J connectivity index is 1.86. The van der Waals surface area contributed by atoms with Gasteiger partial charge < -0.3 is 5.32 Å². The van der Waals surface area contributed by atoms with E-state index in [1.54, 1.807) is 12.5 Å². The van der Waals surface area contributed by atoms with Gasteiger partial charge in [-0.15, -0.1) is 10.2 Å². The van der Waals surface area contributed by atoms with Crippen LogP contribution >= 0.6 is 0 Å². The van der Waals surface area contributed by atoms with Crippen LogP contribution in [0.15, 0.2) is 18.7 Å². The molecule has 1 aliphatic carbocycles. The van der Waals surface area contributed by atoms with Crippen molar-refractivity contribution in [3.8, 4) is 0 Å². The summed E-state index contributed by atoms with van der Waals surface area (Å²) >= 11 is 0. The molecule has 3 rings (SSSR count). The Morgan fingerprint density at radius 2 is 2.40 bits per heavy atom. The summed E-state index contributed by atoms with van der Waals surface area (Å²) in [6.07, 6.45) is 7.89. The van der Waals surface area contributed by atoms with Crippen LogP contribution in [0.2, 0.25) is 0 Å². The van der Waals surface area contributed by atoms with E-state index in [1.807, 2.05) is 10.6 Å². The van der Waals surface area contributed by atoms with Gasteiger partial charge in [0.1, 0.15) is 6.33 Å². The fraction of sp³-hybridized carbons (Fsp3) is 0.500. The highest BCUT2D eigenvalue weighted by Gasteiger charge is 2.36. The number of anilines is 1. The van der Waals surface area contributed by atoms with Crippen LogP contribution in [0.25, 0.3) is 5.65 Å². The van der Waals surface area contributed by atoms with E-state index >= 15 is 0 Å². The molecule has 2 aromatic rings. The SMILES string of the molecule is CC1(CNc2nccn3cnnc23)CC1. The van der Waals surface area contributed by atoms with Gasteiger partial charge in [-0.25, -0.2) is 4.98 Å². The van der Waals surface area contributed by atoms with E-state index in [0.29, 0.717) is 5.41 Å². The van der Waals surface area contributed by atoms with Gasteiger partial charge in [0.15, 0.2) is 5.82 Å². The molecule has 1 saturated carbocycles. The molecule has 1 fully saturated rings. The smallest absolute Gasteiger partial charge is 0.203 e. The van der Waals surface area contributed by atoms with Crippen molar-refractivity contribution in [3.05, 3.63) is 18.7 Å². The van der Waals surface area contributed by atoms with Crippen molar-refractivity contribution in [3.63, 3.8) is 0 Å². The average molecular weight is 203 g/mol. The van der Waals surface area contributed by atoms with Crippen molar-refractivity contribution >= 4 is 11.5 Å². The second-order valence-corrected chi connectivity index (χ2v) is 4.50. The van der Waals surface area contributed by atoms with Gasteiger partial charge >= 0.3 is 0 Å². The fourth-order valence-corrected chi connectivity index (χ4v) is 1.57. The Bertz CT molecular complexity index is 485. The number of aromatic nitrogens is 4. The van der Waals surface area contributed by atoms with Gasteiger partial charge in [0.05, 0.1) is 0 Å². The van der Waals surface area contributed by atoms with Crippen molar-refractivity contribution in [2.75, 3.05) is 11.9 Å². The van der Waals surface area contributed by atoms with Crippen molar-refractivity contribution in [2.45, 2.75) is 19.8 Å². The van der Waals surface area contributed by atoms with E-state index in [-0.39, 0.29) is 0 Å². The Kier molecular flexibility index (Phi) is 1.68. The maximum Gasteiger partial charge on any atom is 0.203 e. The molecule has 2 heterocycles. The zero-order valence-electron chi connectivity index (χ0n) is 8.64. The molecule has 5 heteroatoms. The normalized spacial score (nSPS) is 17.9. The second-order valence-electron chi connectivity index (χ2n) is 4.50. The third kappa shape index (κ3) is 1.54. The second kappa shape index (κ2) is 2.92. The van der Waals surface area contributed by atoms with E-state index in [9.17, 15) is 0 Å². The van der Waals surface area contributed by atoms with Crippen molar-refractivity contribution in [1.29, 1.82) is 0 Å². The summed E-state index contributed by atoms with van der Waals surface area (Å²) in [5, 5.41) is 11.2. The molecule has 5 nitrogen and oxygen atoms in total. The summed E-state index contributed by atoms with van der Waals surface area (Å²) in [6, 6.07) is 0. The zero-order chi connectivity index (χ0) is 10.3. The lowest BCUT2D eigenvalue weighted by atomic mass is 10.1. The molecule has 1 aliphatic rings. The molecule has 0 unspecified atom stereocenters. The summed E-state index contributed by atoms with van der Waals surface area (Å²) < 4.78 is 1.87. The fourth-order valence-electron chi connectivity index (χ4n) is 1.57. The summed E-state index contributed by atoms with van der Waals surface area (Å²) in [4.78, 5) is 4.28. The van der Waals surface area contributed by atoms with Gasteiger partial charge in [0.2, 0.25) is 5.65 Å². The summed E-state index contributed by atoms with van der Waals surface area (Å²) in [7, 11) is 0. The average Bonchev–Trinajstić information content (AvgIpc) is 2.80. The number of hydrogen-bond donors (Lipinski definition) is 1. The first-order valence-electron chi connectivity index (χ1n) is 5.15. The third-order valence-corrected chi connectivity index (χ3v) is 3.00. The third-order valence-electron chi connectivity index (χ3n) is 3.00. The number of nitrogens with one attached hydrogen (secondary N) is 1. The van der Waals surface area contributed by atoms with Crippen molar-refractivity contribution in [1.82, 2.24) is 19.6 Å². The lowest BCUT2D eigenvalue weighted by Crippen LogP contribution is -2.13. The van der Waals surface area contributed by atoms with Crippen LogP contribution in [0.5, 0.6) is 0 Å². The van der Waals surface area contributed by atoms with Crippen molar-refractivity contribution in [2.24, 2.45) is 5.41 Å². The highest BCUT2D eigenvalue weighted by Crippen LogP contribution is 2.44. The lowest BCUT2D eigenvalue weighted by Gasteiger charge is -2.10. The molecule has 15 heavy (non-hydrogen) atoms. The molecule has 78 valence electrons. The Hall–Kier alpha value is -1.65. The van der Waals surface area contributed by atoms with E-state index in [4.69, 9.17) is 0 Å². The quantitative estimate of drug-likeness (QED) is 0.817. The van der Waals surface area contributed by atoms with E-state index in [0.717, 1.165) is 18.0 Å². The Labute approximate surface area is 87.5 Å². The highest BCUT2D eigenvalue weighted by atomic mass is 15.2. The molecule has 2 aromatic heterocycles. The topological polar surface area (TPSA) is 55.1 Å². The highest BCUT2D eigenvalue weighted by molar-refractivity contribution is 5.61. The van der Waals surface area contributed by atoms with Crippen LogP contribution in [0.3, 0.4) is 0 Å². The van der Waals surface area contributed by atoms with Crippen LogP contribution in [0.4, 0.5) is 5.82 Å². The van der Waals surface area contributed by atoms with Crippen LogP contribution in [-0.2, 0) is 0 Å². The molecule has 1 N–H and O–H groups in total. The molecule has 0 atom stereocenters. The van der Waals surface area contributed by atoms with Gasteiger partial charge in [-0.2, -0.15) is 0 Å². The minimum atomic E-state index is 0.467. The van der Waals surface area contributed by atoms with E-state index in [1.165, 1.54) is 12.8 Å². The maximum absolute atomic E-state index is 4.28. The zero-order valence-corrected chi connectivity index (χ0v) is 8.64. The van der Waals surface area contributed by atoms with Gasteiger partial charge in [-0.3, -0.25) is 4.40 Å². The summed E-state index contributed by atoms with van der Waals surface area (Å²) in [6.45, 7) is 3.25. The van der Waals surface area contributed by atoms with Crippen molar-refractivity contribution < 1.29 is 0 Å². The minimum Gasteiger partial charge on any atom is -0.366 e.